The molecule has 1 aromatic heterocycles. The van der Waals surface area contributed by atoms with Crippen molar-refractivity contribution in [3.05, 3.63) is 35.4 Å². The second-order valence-corrected chi connectivity index (χ2v) is 8.65. The number of guanidine groups is 1. The Morgan fingerprint density at radius 2 is 1.88 bits per heavy atom. The Morgan fingerprint density at radius 1 is 1.09 bits per heavy atom. The third-order valence-electron chi connectivity index (χ3n) is 6.59. The molecule has 8 nitrogen and oxygen atoms in total. The van der Waals surface area contributed by atoms with Crippen LogP contribution >= 0.6 is 24.0 Å². The van der Waals surface area contributed by atoms with E-state index in [-0.39, 0.29) is 24.0 Å². The minimum Gasteiger partial charge on any atom is -0.497 e. The molecule has 1 N–H and O–H groups in total. The molecule has 0 spiro atoms. The summed E-state index contributed by atoms with van der Waals surface area (Å²) in [5.41, 5.74) is 1.26. The molecule has 1 unspecified atom stereocenters. The van der Waals surface area contributed by atoms with Crippen LogP contribution in [0.5, 0.6) is 11.5 Å². The van der Waals surface area contributed by atoms with Crippen molar-refractivity contribution in [2.75, 3.05) is 40.9 Å². The minimum atomic E-state index is 0. The lowest BCUT2D eigenvalue weighted by atomic mass is 9.98. The molecule has 2 aromatic rings. The van der Waals surface area contributed by atoms with Gasteiger partial charge in [0.05, 0.1) is 14.2 Å². The minimum absolute atomic E-state index is 0. The van der Waals surface area contributed by atoms with Crippen molar-refractivity contribution in [1.29, 1.82) is 0 Å². The van der Waals surface area contributed by atoms with Gasteiger partial charge in [0, 0.05) is 58.1 Å². The first-order chi connectivity index (χ1) is 15.7. The van der Waals surface area contributed by atoms with Crippen LogP contribution in [0.1, 0.15) is 55.2 Å². The van der Waals surface area contributed by atoms with Crippen molar-refractivity contribution in [1.82, 2.24) is 25.0 Å². The maximum atomic E-state index is 5.45. The second kappa shape index (κ2) is 12.4. The van der Waals surface area contributed by atoms with Crippen LogP contribution in [0.15, 0.2) is 23.2 Å². The van der Waals surface area contributed by atoms with Gasteiger partial charge >= 0.3 is 0 Å². The molecule has 182 valence electrons. The summed E-state index contributed by atoms with van der Waals surface area (Å²) >= 11 is 0. The van der Waals surface area contributed by atoms with Crippen molar-refractivity contribution in [3.63, 3.8) is 0 Å². The number of hydrogen-bond acceptors (Lipinski definition) is 5. The third kappa shape index (κ3) is 6.30. The maximum absolute atomic E-state index is 5.45. The Kier molecular flexibility index (Phi) is 9.64. The normalized spacial score (nSPS) is 18.3. The van der Waals surface area contributed by atoms with Gasteiger partial charge in [-0.2, -0.15) is 0 Å². The van der Waals surface area contributed by atoms with Gasteiger partial charge in [-0.3, -0.25) is 4.99 Å². The summed E-state index contributed by atoms with van der Waals surface area (Å²) in [6.45, 7) is 3.87. The van der Waals surface area contributed by atoms with E-state index in [0.717, 1.165) is 75.1 Å². The molecule has 0 bridgehead atoms. The maximum Gasteiger partial charge on any atom is 0.193 e. The largest absolute Gasteiger partial charge is 0.497 e. The number of rotatable bonds is 7. The lowest BCUT2D eigenvalue weighted by Crippen LogP contribution is -2.40. The Morgan fingerprint density at radius 3 is 2.61 bits per heavy atom. The van der Waals surface area contributed by atoms with Crippen molar-refractivity contribution in [3.8, 4) is 11.5 Å². The summed E-state index contributed by atoms with van der Waals surface area (Å²) in [6.07, 6.45) is 7.87. The van der Waals surface area contributed by atoms with Crippen LogP contribution < -0.4 is 14.8 Å². The highest BCUT2D eigenvalue weighted by Crippen LogP contribution is 2.32. The number of nitrogens with one attached hydrogen (secondary N) is 1. The predicted molar refractivity (Wildman–Crippen MR) is 141 cm³/mol. The molecule has 1 aromatic carbocycles. The fourth-order valence-electron chi connectivity index (χ4n) is 4.80. The van der Waals surface area contributed by atoms with Gasteiger partial charge in [0.25, 0.3) is 0 Å². The van der Waals surface area contributed by atoms with E-state index >= 15 is 0 Å². The Labute approximate surface area is 214 Å². The number of halogens is 1. The molecular weight excluding hydrogens is 531 g/mol. The van der Waals surface area contributed by atoms with Gasteiger partial charge in [0.15, 0.2) is 5.96 Å². The summed E-state index contributed by atoms with van der Waals surface area (Å²) < 4.78 is 13.2. The van der Waals surface area contributed by atoms with E-state index in [0.29, 0.717) is 5.92 Å². The fourth-order valence-corrected chi connectivity index (χ4v) is 4.80. The molecule has 0 radical (unpaired) electrons. The zero-order valence-corrected chi connectivity index (χ0v) is 22.4. The van der Waals surface area contributed by atoms with Gasteiger partial charge in [0.1, 0.15) is 23.1 Å². The lowest BCUT2D eigenvalue weighted by Gasteiger charge is -2.22. The number of fused-ring (bicyclic) bond motifs is 1. The first-order valence-corrected chi connectivity index (χ1v) is 11.8. The van der Waals surface area contributed by atoms with Crippen LogP contribution in [0.3, 0.4) is 0 Å². The SMILES string of the molecule is CN=C(NCCCc1nnc2n1CCCCC2)N1CCC(c2cc(OC)cc(OC)c2)C1.I. The number of aromatic nitrogens is 3. The molecule has 1 atom stereocenters. The van der Waals surface area contributed by atoms with E-state index < -0.39 is 0 Å². The zero-order valence-electron chi connectivity index (χ0n) is 20.0. The molecule has 1 fully saturated rings. The number of nitrogens with zero attached hydrogens (tertiary/aromatic N) is 5. The molecule has 0 saturated carbocycles. The number of aryl methyl sites for hydroxylation is 2. The Hall–Kier alpha value is -2.04. The number of likely N-dealkylation sites (tertiary alicyclic amines) is 1. The van der Waals surface area contributed by atoms with E-state index in [9.17, 15) is 0 Å². The summed E-state index contributed by atoms with van der Waals surface area (Å²) in [7, 11) is 5.26. The van der Waals surface area contributed by atoms with Crippen LogP contribution in [0, 0.1) is 0 Å². The first kappa shape index (κ1) is 25.6. The van der Waals surface area contributed by atoms with E-state index in [1.54, 1.807) is 14.2 Å². The molecule has 3 heterocycles. The smallest absolute Gasteiger partial charge is 0.193 e. The van der Waals surface area contributed by atoms with Crippen molar-refractivity contribution in [2.45, 2.75) is 57.4 Å². The lowest BCUT2D eigenvalue weighted by molar-refractivity contribution is 0.392. The van der Waals surface area contributed by atoms with Crippen molar-refractivity contribution in [2.24, 2.45) is 4.99 Å². The topological polar surface area (TPSA) is 76.8 Å². The molecule has 33 heavy (non-hydrogen) atoms. The summed E-state index contributed by atoms with van der Waals surface area (Å²) in [4.78, 5) is 6.88. The van der Waals surface area contributed by atoms with Crippen LogP contribution in [-0.4, -0.2) is 66.5 Å². The van der Waals surface area contributed by atoms with Gasteiger partial charge in [-0.05, 0) is 43.4 Å². The number of benzene rings is 1. The first-order valence-electron chi connectivity index (χ1n) is 11.8. The number of ether oxygens (including phenoxy) is 2. The van der Waals surface area contributed by atoms with Gasteiger partial charge < -0.3 is 24.3 Å². The molecule has 2 aliphatic heterocycles. The highest BCUT2D eigenvalue weighted by atomic mass is 127. The van der Waals surface area contributed by atoms with Crippen LogP contribution in [0.2, 0.25) is 0 Å². The Balaban J connectivity index is 0.00000306. The predicted octanol–water partition coefficient (Wildman–Crippen LogP) is 3.64. The molecule has 1 saturated heterocycles. The van der Waals surface area contributed by atoms with E-state index in [1.807, 2.05) is 13.1 Å². The number of aliphatic imine (C=N–C) groups is 1. The zero-order chi connectivity index (χ0) is 22.3. The van der Waals surface area contributed by atoms with Gasteiger partial charge in [-0.25, -0.2) is 0 Å². The summed E-state index contributed by atoms with van der Waals surface area (Å²) in [6, 6.07) is 6.16. The van der Waals surface area contributed by atoms with E-state index in [4.69, 9.17) is 9.47 Å². The van der Waals surface area contributed by atoms with Crippen LogP contribution in [0.4, 0.5) is 0 Å². The van der Waals surface area contributed by atoms with Crippen LogP contribution in [0.25, 0.3) is 0 Å². The van der Waals surface area contributed by atoms with Gasteiger partial charge in [0.2, 0.25) is 0 Å². The third-order valence-corrected chi connectivity index (χ3v) is 6.59. The van der Waals surface area contributed by atoms with E-state index in [1.165, 1.54) is 30.7 Å². The summed E-state index contributed by atoms with van der Waals surface area (Å²) in [5.74, 6) is 5.38. The molecule has 0 amide bonds. The quantitative estimate of drug-likeness (QED) is 0.238. The monoisotopic (exact) mass is 568 g/mol. The van der Waals surface area contributed by atoms with Crippen LogP contribution in [-0.2, 0) is 19.4 Å². The fraction of sp³-hybridized carbons (Fsp3) is 0.625. The van der Waals surface area contributed by atoms with Crippen molar-refractivity contribution >= 4 is 29.9 Å². The summed E-state index contributed by atoms with van der Waals surface area (Å²) in [5, 5.41) is 12.4. The molecular formula is C24H37IN6O2. The molecule has 2 aliphatic rings. The highest BCUT2D eigenvalue weighted by Gasteiger charge is 2.27. The average Bonchev–Trinajstić information content (AvgIpc) is 3.40. The van der Waals surface area contributed by atoms with Gasteiger partial charge in [-0.1, -0.05) is 6.42 Å². The molecule has 0 aliphatic carbocycles. The van der Waals surface area contributed by atoms with E-state index in [2.05, 4.69) is 42.1 Å². The van der Waals surface area contributed by atoms with Gasteiger partial charge in [-0.15, -0.1) is 34.2 Å². The molecule has 9 heteroatoms. The number of hydrogen-bond donors (Lipinski definition) is 1. The highest BCUT2D eigenvalue weighted by molar-refractivity contribution is 14.0. The number of methoxy groups -OCH3 is 2. The standard InChI is InChI=1S/C24H36N6O2.HI/c1-25-24(26-11-7-9-23-28-27-22-8-5-4-6-12-30(22)23)29-13-10-18(17-29)19-14-20(31-2)16-21(15-19)32-3;/h14-16,18H,4-13,17H2,1-3H3,(H,25,26);1H. The average molecular weight is 569 g/mol. The second-order valence-electron chi connectivity index (χ2n) is 8.65. The van der Waals surface area contributed by atoms with Crippen molar-refractivity contribution < 1.29 is 9.47 Å². The Bertz CT molecular complexity index is 909. The molecule has 4 rings (SSSR count).